The Morgan fingerprint density at radius 3 is 2.17 bits per heavy atom. The number of nitro benzene ring substituents is 2. The Morgan fingerprint density at radius 2 is 1.61 bits per heavy atom. The van der Waals surface area contributed by atoms with Crippen LogP contribution in [0.2, 0.25) is 0 Å². The van der Waals surface area contributed by atoms with Crippen molar-refractivity contribution in [3.05, 3.63) is 79.9 Å². The molecule has 0 radical (unpaired) electrons. The van der Waals surface area contributed by atoms with Gasteiger partial charge in [0.2, 0.25) is 0 Å². The van der Waals surface area contributed by atoms with Crippen molar-refractivity contribution in [2.45, 2.75) is 11.2 Å². The van der Waals surface area contributed by atoms with E-state index in [0.29, 0.717) is 11.1 Å². The standard InChI is InChI=1S/C15H11BrN2O5/c16-12(15(19)11-4-2-1-3-5-11)8-10-6-7-13(17(20)21)14(9-10)18(22)23/h1-7,9,12H,8H2. The summed E-state index contributed by atoms with van der Waals surface area (Å²) in [7, 11) is 0. The molecule has 0 aliphatic carbocycles. The van der Waals surface area contributed by atoms with Crippen molar-refractivity contribution >= 4 is 33.1 Å². The number of hydrogen-bond donors (Lipinski definition) is 0. The molecule has 0 aromatic heterocycles. The fraction of sp³-hybridized carbons (Fsp3) is 0.133. The van der Waals surface area contributed by atoms with Gasteiger partial charge in [0.15, 0.2) is 5.78 Å². The molecule has 0 aliphatic heterocycles. The Bertz CT molecular complexity index is 764. The molecule has 1 atom stereocenters. The molecule has 7 nitrogen and oxygen atoms in total. The highest BCUT2D eigenvalue weighted by molar-refractivity contribution is 9.10. The molecule has 2 rings (SSSR count). The molecule has 1 unspecified atom stereocenters. The third kappa shape index (κ3) is 3.98. The SMILES string of the molecule is O=C(c1ccccc1)C(Br)Cc1ccc([N+](=O)[O-])c([N+](=O)[O-])c1. The van der Waals surface area contributed by atoms with E-state index < -0.39 is 26.0 Å². The van der Waals surface area contributed by atoms with Crippen LogP contribution in [0.1, 0.15) is 15.9 Å². The van der Waals surface area contributed by atoms with Crippen molar-refractivity contribution < 1.29 is 14.6 Å². The normalized spacial score (nSPS) is 11.7. The number of hydrogen-bond acceptors (Lipinski definition) is 5. The molecule has 0 spiro atoms. The van der Waals surface area contributed by atoms with Crippen LogP contribution in [0.4, 0.5) is 11.4 Å². The molecule has 0 heterocycles. The Labute approximate surface area is 139 Å². The topological polar surface area (TPSA) is 103 Å². The molecule has 0 N–H and O–H groups in total. The maximum absolute atomic E-state index is 12.3. The van der Waals surface area contributed by atoms with Gasteiger partial charge in [-0.2, -0.15) is 0 Å². The predicted molar refractivity (Wildman–Crippen MR) is 86.9 cm³/mol. The molecule has 8 heteroatoms. The first-order chi connectivity index (χ1) is 10.9. The van der Waals surface area contributed by atoms with Crippen LogP contribution in [-0.2, 0) is 6.42 Å². The predicted octanol–water partition coefficient (Wildman–Crippen LogP) is 3.69. The van der Waals surface area contributed by atoms with Crippen molar-refractivity contribution in [3.63, 3.8) is 0 Å². The molecule has 23 heavy (non-hydrogen) atoms. The molecule has 0 saturated heterocycles. The van der Waals surface area contributed by atoms with E-state index in [9.17, 15) is 25.0 Å². The van der Waals surface area contributed by atoms with Gasteiger partial charge in [0.25, 0.3) is 0 Å². The van der Waals surface area contributed by atoms with Crippen molar-refractivity contribution in [1.82, 2.24) is 0 Å². The molecule has 0 fully saturated rings. The van der Waals surface area contributed by atoms with Crippen LogP contribution in [0.25, 0.3) is 0 Å². The minimum atomic E-state index is -0.803. The highest BCUT2D eigenvalue weighted by Crippen LogP contribution is 2.28. The maximum Gasteiger partial charge on any atom is 0.346 e. The van der Waals surface area contributed by atoms with Gasteiger partial charge in [-0.1, -0.05) is 52.3 Å². The van der Waals surface area contributed by atoms with Crippen LogP contribution in [-0.4, -0.2) is 20.5 Å². The summed E-state index contributed by atoms with van der Waals surface area (Å²) in [5.41, 5.74) is -0.169. The van der Waals surface area contributed by atoms with E-state index in [-0.39, 0.29) is 12.2 Å². The average Bonchev–Trinajstić information content (AvgIpc) is 2.54. The summed E-state index contributed by atoms with van der Waals surface area (Å²) in [6.45, 7) is 0. The molecular weight excluding hydrogens is 368 g/mol. The first-order valence-corrected chi connectivity index (χ1v) is 7.46. The second kappa shape index (κ2) is 7.10. The first kappa shape index (κ1) is 16.8. The van der Waals surface area contributed by atoms with Gasteiger partial charge in [-0.25, -0.2) is 0 Å². The zero-order valence-corrected chi connectivity index (χ0v) is 13.3. The lowest BCUT2D eigenvalue weighted by Crippen LogP contribution is -2.17. The van der Waals surface area contributed by atoms with Crippen molar-refractivity contribution in [2.75, 3.05) is 0 Å². The van der Waals surface area contributed by atoms with Gasteiger partial charge < -0.3 is 0 Å². The summed E-state index contributed by atoms with van der Waals surface area (Å²) in [5, 5.41) is 21.7. The van der Waals surface area contributed by atoms with Crippen LogP contribution >= 0.6 is 15.9 Å². The van der Waals surface area contributed by atoms with Gasteiger partial charge >= 0.3 is 11.4 Å². The Kier molecular flexibility index (Phi) is 5.17. The van der Waals surface area contributed by atoms with E-state index in [0.717, 1.165) is 12.1 Å². The lowest BCUT2D eigenvalue weighted by atomic mass is 10.0. The van der Waals surface area contributed by atoms with Gasteiger partial charge in [-0.3, -0.25) is 25.0 Å². The number of carbonyl (C=O) groups excluding carboxylic acids is 1. The van der Waals surface area contributed by atoms with Crippen LogP contribution in [0, 0.1) is 20.2 Å². The van der Waals surface area contributed by atoms with E-state index in [1.54, 1.807) is 30.3 Å². The molecule has 0 bridgehead atoms. The second-order valence-electron chi connectivity index (χ2n) is 4.74. The number of halogens is 1. The number of benzene rings is 2. The van der Waals surface area contributed by atoms with Crippen LogP contribution in [0.3, 0.4) is 0 Å². The van der Waals surface area contributed by atoms with Gasteiger partial charge in [-0.15, -0.1) is 0 Å². The molecule has 118 valence electrons. The molecule has 0 amide bonds. The quantitative estimate of drug-likeness (QED) is 0.330. The van der Waals surface area contributed by atoms with E-state index in [1.165, 1.54) is 6.07 Å². The van der Waals surface area contributed by atoms with E-state index >= 15 is 0 Å². The summed E-state index contributed by atoms with van der Waals surface area (Å²) in [6.07, 6.45) is 0.187. The summed E-state index contributed by atoms with van der Waals surface area (Å²) in [6, 6.07) is 12.2. The average molecular weight is 379 g/mol. The monoisotopic (exact) mass is 378 g/mol. The fourth-order valence-electron chi connectivity index (χ4n) is 2.08. The molecule has 2 aromatic rings. The van der Waals surface area contributed by atoms with E-state index in [2.05, 4.69) is 15.9 Å². The zero-order valence-electron chi connectivity index (χ0n) is 11.7. The van der Waals surface area contributed by atoms with Gasteiger partial charge in [0, 0.05) is 17.7 Å². The summed E-state index contributed by atoms with van der Waals surface area (Å²) < 4.78 is 0. The Balaban J connectivity index is 2.23. The van der Waals surface area contributed by atoms with Crippen LogP contribution in [0.5, 0.6) is 0 Å². The molecule has 0 aliphatic rings. The fourth-order valence-corrected chi connectivity index (χ4v) is 2.72. The highest BCUT2D eigenvalue weighted by atomic mass is 79.9. The third-order valence-electron chi connectivity index (χ3n) is 3.19. The molecule has 0 saturated carbocycles. The van der Waals surface area contributed by atoms with Gasteiger partial charge in [0.1, 0.15) is 0 Å². The number of Topliss-reactive ketones (excluding diaryl/α,β-unsaturated/α-hetero) is 1. The first-order valence-electron chi connectivity index (χ1n) is 6.55. The van der Waals surface area contributed by atoms with Crippen molar-refractivity contribution in [3.8, 4) is 0 Å². The van der Waals surface area contributed by atoms with E-state index in [4.69, 9.17) is 0 Å². The largest absolute Gasteiger partial charge is 0.346 e. The smallest absolute Gasteiger partial charge is 0.293 e. The minimum Gasteiger partial charge on any atom is -0.293 e. The summed E-state index contributed by atoms with van der Waals surface area (Å²) in [5.74, 6) is -0.161. The number of nitrogens with zero attached hydrogens (tertiary/aromatic N) is 2. The third-order valence-corrected chi connectivity index (χ3v) is 3.93. The second-order valence-corrected chi connectivity index (χ2v) is 5.84. The number of ketones is 1. The van der Waals surface area contributed by atoms with Crippen molar-refractivity contribution in [1.29, 1.82) is 0 Å². The zero-order chi connectivity index (χ0) is 17.0. The molecular formula is C15H11BrN2O5. The lowest BCUT2D eigenvalue weighted by molar-refractivity contribution is -0.422. The Hall–Kier alpha value is -2.61. The number of carbonyl (C=O) groups is 1. The number of rotatable bonds is 6. The van der Waals surface area contributed by atoms with Crippen LogP contribution < -0.4 is 0 Å². The summed E-state index contributed by atoms with van der Waals surface area (Å²) >= 11 is 3.27. The van der Waals surface area contributed by atoms with Gasteiger partial charge in [-0.05, 0) is 12.0 Å². The minimum absolute atomic E-state index is 0.161. The molecule has 2 aromatic carbocycles. The van der Waals surface area contributed by atoms with Crippen LogP contribution in [0.15, 0.2) is 48.5 Å². The highest BCUT2D eigenvalue weighted by Gasteiger charge is 2.25. The van der Waals surface area contributed by atoms with Gasteiger partial charge in [0.05, 0.1) is 14.7 Å². The maximum atomic E-state index is 12.3. The number of nitro groups is 2. The van der Waals surface area contributed by atoms with Crippen molar-refractivity contribution in [2.24, 2.45) is 0 Å². The Morgan fingerprint density at radius 1 is 1.00 bits per heavy atom. The lowest BCUT2D eigenvalue weighted by Gasteiger charge is -2.09. The van der Waals surface area contributed by atoms with E-state index in [1.807, 2.05) is 0 Å². The number of alkyl halides is 1. The summed E-state index contributed by atoms with van der Waals surface area (Å²) in [4.78, 5) is 31.8.